The number of hydrogen-bond acceptors (Lipinski definition) is 4. The van der Waals surface area contributed by atoms with Crippen LogP contribution in [-0.4, -0.2) is 24.8 Å². The molecule has 2 aliphatic rings. The molecule has 2 aromatic rings. The number of para-hydroxylation sites is 1. The van der Waals surface area contributed by atoms with Crippen LogP contribution in [0.4, 0.5) is 5.69 Å². The summed E-state index contributed by atoms with van der Waals surface area (Å²) in [4.78, 5) is 1.09. The molecule has 0 aliphatic heterocycles. The quantitative estimate of drug-likeness (QED) is 0.277. The molecule has 0 radical (unpaired) electrons. The molecule has 2 aliphatic carbocycles. The topological polar surface area (TPSA) is 60.9 Å². The second-order valence-electron chi connectivity index (χ2n) is 9.04. The Kier molecular flexibility index (Phi) is 8.23. The maximum Gasteiger partial charge on any atom is 0.176 e. The van der Waals surface area contributed by atoms with Gasteiger partial charge in [0.15, 0.2) is 5.69 Å². The normalized spacial score (nSPS) is 23.8. The third-order valence-corrected chi connectivity index (χ3v) is 7.80. The van der Waals surface area contributed by atoms with E-state index in [0.717, 1.165) is 34.9 Å². The van der Waals surface area contributed by atoms with Gasteiger partial charge in [-0.05, 0) is 105 Å². The number of hydrogen-bond donors (Lipinski definition) is 4. The Bertz CT molecular complexity index is 791. The summed E-state index contributed by atoms with van der Waals surface area (Å²) in [5.41, 5.74) is 5.21. The van der Waals surface area contributed by atoms with E-state index in [1.54, 1.807) is 23.1 Å². The zero-order chi connectivity index (χ0) is 20.6. The molecular weight excluding hydrogens is 390 g/mol. The Labute approximate surface area is 185 Å². The van der Waals surface area contributed by atoms with Crippen molar-refractivity contribution in [3.05, 3.63) is 59.7 Å². The minimum atomic E-state index is 0.772. The predicted octanol–water partition coefficient (Wildman–Crippen LogP) is 4.07. The summed E-state index contributed by atoms with van der Waals surface area (Å²) < 4.78 is 3.53. The first-order valence-electron chi connectivity index (χ1n) is 11.6. The molecule has 1 saturated carbocycles. The highest BCUT2D eigenvalue weighted by Crippen LogP contribution is 2.30. The van der Waals surface area contributed by atoms with Crippen molar-refractivity contribution in [2.75, 3.05) is 19.6 Å². The molecule has 0 spiro atoms. The van der Waals surface area contributed by atoms with Crippen LogP contribution in [0.3, 0.4) is 0 Å². The van der Waals surface area contributed by atoms with Gasteiger partial charge in [0.1, 0.15) is 0 Å². The standard InChI is InChI=1S/C25H35N3OS/c29-28-24-7-3-4-8-25(24)30-27-18-20-11-9-19(10-12-20)16-26-17-21-13-14-22-5-1-2-6-23(22)15-21/h1-8,19-21,26-29H,9-18H2/p+1. The molecule has 0 aromatic heterocycles. The highest BCUT2D eigenvalue weighted by atomic mass is 32.2. The minimum Gasteiger partial charge on any atom is -0.316 e. The molecule has 1 unspecified atom stereocenters. The van der Waals surface area contributed by atoms with Crippen molar-refractivity contribution in [3.8, 4) is 0 Å². The lowest BCUT2D eigenvalue weighted by atomic mass is 9.81. The molecule has 0 heterocycles. The van der Waals surface area contributed by atoms with Crippen LogP contribution in [0.2, 0.25) is 0 Å². The summed E-state index contributed by atoms with van der Waals surface area (Å²) in [6.45, 7) is 3.41. The number of rotatable bonds is 9. The fourth-order valence-electron chi connectivity index (χ4n) is 5.00. The fraction of sp³-hybridized carbons (Fsp3) is 0.520. The van der Waals surface area contributed by atoms with Crippen molar-refractivity contribution in [2.45, 2.75) is 49.8 Å². The van der Waals surface area contributed by atoms with E-state index in [2.05, 4.69) is 34.3 Å². The van der Waals surface area contributed by atoms with E-state index in [1.807, 2.05) is 24.3 Å². The van der Waals surface area contributed by atoms with Crippen LogP contribution in [0, 0.1) is 17.8 Å². The van der Waals surface area contributed by atoms with Crippen LogP contribution in [0.1, 0.15) is 43.2 Å². The third kappa shape index (κ3) is 6.08. The molecule has 1 atom stereocenters. The van der Waals surface area contributed by atoms with Gasteiger partial charge in [0.2, 0.25) is 0 Å². The predicted molar refractivity (Wildman–Crippen MR) is 124 cm³/mol. The van der Waals surface area contributed by atoms with Crippen LogP contribution >= 0.6 is 11.9 Å². The monoisotopic (exact) mass is 426 g/mol. The molecule has 0 saturated heterocycles. The maximum absolute atomic E-state index is 9.32. The number of aryl methyl sites for hydroxylation is 1. The molecule has 5 heteroatoms. The number of nitrogens with two attached hydrogens (primary N) is 1. The highest BCUT2D eigenvalue weighted by molar-refractivity contribution is 7.97. The third-order valence-electron chi connectivity index (χ3n) is 6.89. The van der Waals surface area contributed by atoms with Gasteiger partial charge >= 0.3 is 0 Å². The summed E-state index contributed by atoms with van der Waals surface area (Å²) in [7, 11) is 0. The largest absolute Gasteiger partial charge is 0.316 e. The smallest absolute Gasteiger partial charge is 0.176 e. The van der Waals surface area contributed by atoms with Crippen LogP contribution in [0.25, 0.3) is 0 Å². The Morgan fingerprint density at radius 1 is 0.800 bits per heavy atom. The van der Waals surface area contributed by atoms with E-state index in [1.165, 1.54) is 63.5 Å². The van der Waals surface area contributed by atoms with Crippen LogP contribution < -0.4 is 15.5 Å². The van der Waals surface area contributed by atoms with Crippen molar-refractivity contribution >= 4 is 17.6 Å². The first-order chi connectivity index (χ1) is 14.8. The second kappa shape index (κ2) is 11.3. The Hall–Kier alpha value is -1.37. The Morgan fingerprint density at radius 3 is 2.27 bits per heavy atom. The Balaban J connectivity index is 1.10. The lowest BCUT2D eigenvalue weighted by molar-refractivity contribution is -0.827. The van der Waals surface area contributed by atoms with Crippen LogP contribution in [0.15, 0.2) is 53.4 Å². The molecule has 0 amide bonds. The first kappa shape index (κ1) is 21.8. The molecule has 4 nitrogen and oxygen atoms in total. The minimum absolute atomic E-state index is 0.772. The van der Waals surface area contributed by atoms with Crippen LogP contribution in [0.5, 0.6) is 0 Å². The zero-order valence-electron chi connectivity index (χ0n) is 17.9. The van der Waals surface area contributed by atoms with E-state index in [4.69, 9.17) is 0 Å². The number of nitrogens with one attached hydrogen (secondary N) is 2. The van der Waals surface area contributed by atoms with E-state index >= 15 is 0 Å². The summed E-state index contributed by atoms with van der Waals surface area (Å²) in [6.07, 6.45) is 9.17. The van der Waals surface area contributed by atoms with E-state index in [0.29, 0.717) is 0 Å². The SMILES string of the molecule is O[NH2+]c1ccccc1SNCC1CCC(CNCC2CCc3ccccc3C2)CC1. The van der Waals surface area contributed by atoms with E-state index in [-0.39, 0.29) is 0 Å². The molecule has 0 bridgehead atoms. The van der Waals surface area contributed by atoms with Gasteiger partial charge < -0.3 is 5.32 Å². The lowest BCUT2D eigenvalue weighted by Gasteiger charge is -2.30. The molecule has 5 N–H and O–H groups in total. The van der Waals surface area contributed by atoms with E-state index in [9.17, 15) is 5.21 Å². The summed E-state index contributed by atoms with van der Waals surface area (Å²) in [5.74, 6) is 2.42. The number of fused-ring (bicyclic) bond motifs is 1. The van der Waals surface area contributed by atoms with Crippen molar-refractivity contribution in [1.82, 2.24) is 10.0 Å². The molecule has 30 heavy (non-hydrogen) atoms. The highest BCUT2D eigenvalue weighted by Gasteiger charge is 2.22. The van der Waals surface area contributed by atoms with Gasteiger partial charge in [0, 0.05) is 12.6 Å². The van der Waals surface area contributed by atoms with Gasteiger partial charge in [-0.25, -0.2) is 5.21 Å². The fourth-order valence-corrected chi connectivity index (χ4v) is 5.86. The number of benzene rings is 2. The van der Waals surface area contributed by atoms with Crippen molar-refractivity contribution in [1.29, 1.82) is 0 Å². The summed E-state index contributed by atoms with van der Waals surface area (Å²) in [6, 6.07) is 16.9. The molecule has 2 aromatic carbocycles. The summed E-state index contributed by atoms with van der Waals surface area (Å²) in [5, 5.41) is 13.1. The van der Waals surface area contributed by atoms with Crippen molar-refractivity contribution in [3.63, 3.8) is 0 Å². The lowest BCUT2D eigenvalue weighted by Crippen LogP contribution is -2.74. The second-order valence-corrected chi connectivity index (χ2v) is 9.97. The average Bonchev–Trinajstić information content (AvgIpc) is 2.80. The van der Waals surface area contributed by atoms with Gasteiger partial charge in [-0.2, -0.15) is 5.48 Å². The summed E-state index contributed by atoms with van der Waals surface area (Å²) >= 11 is 1.64. The van der Waals surface area contributed by atoms with Gasteiger partial charge in [-0.1, -0.05) is 36.4 Å². The Morgan fingerprint density at radius 2 is 1.47 bits per heavy atom. The van der Waals surface area contributed by atoms with Gasteiger partial charge in [-0.3, -0.25) is 4.72 Å². The van der Waals surface area contributed by atoms with E-state index < -0.39 is 0 Å². The molecule has 4 rings (SSSR count). The van der Waals surface area contributed by atoms with Gasteiger partial charge in [-0.15, -0.1) is 0 Å². The van der Waals surface area contributed by atoms with Gasteiger partial charge in [0.25, 0.3) is 0 Å². The van der Waals surface area contributed by atoms with Crippen molar-refractivity contribution < 1.29 is 10.7 Å². The number of quaternary nitrogens is 1. The van der Waals surface area contributed by atoms with Crippen LogP contribution in [-0.2, 0) is 12.8 Å². The first-order valence-corrected chi connectivity index (χ1v) is 12.4. The van der Waals surface area contributed by atoms with Gasteiger partial charge in [0.05, 0.1) is 4.90 Å². The molecular formula is C25H36N3OS+. The molecule has 1 fully saturated rings. The average molecular weight is 427 g/mol. The molecule has 162 valence electrons. The van der Waals surface area contributed by atoms with Crippen molar-refractivity contribution in [2.24, 2.45) is 17.8 Å². The zero-order valence-corrected chi connectivity index (χ0v) is 18.7. The maximum atomic E-state index is 9.32.